The Kier molecular flexibility index (Phi) is 3.77. The number of hydrogen-bond acceptors (Lipinski definition) is 2. The molecule has 0 unspecified atom stereocenters. The summed E-state index contributed by atoms with van der Waals surface area (Å²) in [5, 5.41) is 2.34. The summed E-state index contributed by atoms with van der Waals surface area (Å²) in [5.41, 5.74) is 6.75. The second kappa shape index (κ2) is 6.28. The maximum absolute atomic E-state index is 6.02. The second-order valence-electron chi connectivity index (χ2n) is 7.72. The van der Waals surface area contributed by atoms with Crippen molar-refractivity contribution in [2.75, 3.05) is 0 Å². The van der Waals surface area contributed by atoms with Crippen molar-refractivity contribution in [2.24, 2.45) is 5.92 Å². The van der Waals surface area contributed by atoms with E-state index >= 15 is 0 Å². The Hall–Kier alpha value is -2.61. The van der Waals surface area contributed by atoms with E-state index in [-0.39, 0.29) is 0 Å². The van der Waals surface area contributed by atoms with E-state index < -0.39 is 0 Å². The summed E-state index contributed by atoms with van der Waals surface area (Å²) in [6.45, 7) is 2.10. The van der Waals surface area contributed by atoms with Gasteiger partial charge in [0.15, 0.2) is 0 Å². The largest absolute Gasteiger partial charge is 0.456 e. The molecule has 0 N–H and O–H groups in total. The molecular formula is C24H23NO. The molecule has 2 aromatic carbocycles. The van der Waals surface area contributed by atoms with Crippen molar-refractivity contribution in [3.05, 3.63) is 65.9 Å². The van der Waals surface area contributed by atoms with Crippen molar-refractivity contribution in [1.29, 1.82) is 0 Å². The highest BCUT2D eigenvalue weighted by Crippen LogP contribution is 2.33. The number of rotatable bonds is 3. The maximum Gasteiger partial charge on any atom is 0.135 e. The Morgan fingerprint density at radius 3 is 2.69 bits per heavy atom. The predicted molar refractivity (Wildman–Crippen MR) is 107 cm³/mol. The van der Waals surface area contributed by atoms with Gasteiger partial charge < -0.3 is 4.42 Å². The smallest absolute Gasteiger partial charge is 0.135 e. The molecule has 0 spiro atoms. The van der Waals surface area contributed by atoms with E-state index in [9.17, 15) is 0 Å². The van der Waals surface area contributed by atoms with Gasteiger partial charge in [0, 0.05) is 22.5 Å². The normalized spacial score (nSPS) is 15.3. The molecule has 4 aromatic rings. The minimum absolute atomic E-state index is 0.855. The van der Waals surface area contributed by atoms with Gasteiger partial charge in [0.1, 0.15) is 11.2 Å². The fraction of sp³-hybridized carbons (Fsp3) is 0.292. The number of pyridine rings is 1. The lowest BCUT2D eigenvalue weighted by Crippen LogP contribution is -1.99. The predicted octanol–water partition coefficient (Wildman–Crippen LogP) is 6.69. The maximum atomic E-state index is 6.02. The van der Waals surface area contributed by atoms with Gasteiger partial charge in [-0.15, -0.1) is 0 Å². The van der Waals surface area contributed by atoms with E-state index in [0.29, 0.717) is 0 Å². The first-order valence-electron chi connectivity index (χ1n) is 9.64. The highest BCUT2D eigenvalue weighted by Gasteiger charge is 2.16. The summed E-state index contributed by atoms with van der Waals surface area (Å²) in [4.78, 5) is 4.64. The molecule has 2 heterocycles. The summed E-state index contributed by atoms with van der Waals surface area (Å²) >= 11 is 0. The number of fused-ring (bicyclic) bond motifs is 3. The van der Waals surface area contributed by atoms with Crippen molar-refractivity contribution in [2.45, 2.75) is 39.0 Å². The van der Waals surface area contributed by atoms with Crippen molar-refractivity contribution in [1.82, 2.24) is 4.98 Å². The number of hydrogen-bond donors (Lipinski definition) is 0. The molecule has 0 aliphatic heterocycles. The highest BCUT2D eigenvalue weighted by molar-refractivity contribution is 6.06. The van der Waals surface area contributed by atoms with Crippen LogP contribution in [-0.4, -0.2) is 4.98 Å². The van der Waals surface area contributed by atoms with Crippen molar-refractivity contribution in [3.63, 3.8) is 0 Å². The molecule has 0 radical (unpaired) electrons. The van der Waals surface area contributed by atoms with Gasteiger partial charge in [-0.25, -0.2) is 0 Å². The minimum atomic E-state index is 0.855. The Balaban J connectivity index is 1.55. The third-order valence-electron chi connectivity index (χ3n) is 5.75. The van der Waals surface area contributed by atoms with E-state index in [1.165, 1.54) is 54.0 Å². The second-order valence-corrected chi connectivity index (χ2v) is 7.72. The fourth-order valence-electron chi connectivity index (χ4n) is 4.35. The molecule has 26 heavy (non-hydrogen) atoms. The summed E-state index contributed by atoms with van der Waals surface area (Å²) in [6.07, 6.45) is 8.69. The van der Waals surface area contributed by atoms with Crippen LogP contribution in [0.15, 0.2) is 59.1 Å². The third kappa shape index (κ3) is 2.80. The highest BCUT2D eigenvalue weighted by atomic mass is 16.3. The number of benzene rings is 2. The van der Waals surface area contributed by atoms with Gasteiger partial charge in [0.25, 0.3) is 0 Å². The van der Waals surface area contributed by atoms with Crippen LogP contribution >= 0.6 is 0 Å². The Morgan fingerprint density at radius 2 is 1.81 bits per heavy atom. The summed E-state index contributed by atoms with van der Waals surface area (Å²) in [5.74, 6) is 0.855. The molecule has 0 atom stereocenters. The summed E-state index contributed by atoms with van der Waals surface area (Å²) in [7, 11) is 0. The molecule has 0 bridgehead atoms. The van der Waals surface area contributed by atoms with Crippen molar-refractivity contribution >= 4 is 21.9 Å². The Bertz CT molecular complexity index is 1090. The number of furan rings is 1. The third-order valence-corrected chi connectivity index (χ3v) is 5.75. The lowest BCUT2D eigenvalue weighted by Gasteiger charge is -2.10. The monoisotopic (exact) mass is 341 g/mol. The average Bonchev–Trinajstić information content (AvgIpc) is 3.28. The SMILES string of the molecule is Cc1ccc2c(c1)oc1ccc(-c3cc(CC4CCCC4)ccn3)cc12. The molecule has 0 amide bonds. The number of nitrogens with zero attached hydrogens (tertiary/aromatic N) is 1. The van der Waals surface area contributed by atoms with Gasteiger partial charge in [-0.2, -0.15) is 0 Å². The average molecular weight is 341 g/mol. The number of aromatic nitrogens is 1. The first-order chi connectivity index (χ1) is 12.8. The van der Waals surface area contributed by atoms with E-state index in [1.54, 1.807) is 0 Å². The molecule has 2 nitrogen and oxygen atoms in total. The van der Waals surface area contributed by atoms with Gasteiger partial charge in [0.05, 0.1) is 5.69 Å². The van der Waals surface area contributed by atoms with E-state index in [2.05, 4.69) is 60.4 Å². The zero-order chi connectivity index (χ0) is 17.5. The first-order valence-corrected chi connectivity index (χ1v) is 9.64. The van der Waals surface area contributed by atoms with E-state index in [4.69, 9.17) is 4.42 Å². The van der Waals surface area contributed by atoms with Gasteiger partial charge in [-0.3, -0.25) is 4.98 Å². The van der Waals surface area contributed by atoms with Gasteiger partial charge >= 0.3 is 0 Å². The lowest BCUT2D eigenvalue weighted by molar-refractivity contribution is 0.546. The van der Waals surface area contributed by atoms with Crippen LogP contribution in [0.2, 0.25) is 0 Å². The fourth-order valence-corrected chi connectivity index (χ4v) is 4.35. The lowest BCUT2D eigenvalue weighted by atomic mass is 9.97. The van der Waals surface area contributed by atoms with Crippen LogP contribution < -0.4 is 0 Å². The summed E-state index contributed by atoms with van der Waals surface area (Å²) in [6, 6.07) is 17.3. The summed E-state index contributed by atoms with van der Waals surface area (Å²) < 4.78 is 6.02. The Labute approximate surface area is 153 Å². The van der Waals surface area contributed by atoms with Gasteiger partial charge in [0.2, 0.25) is 0 Å². The van der Waals surface area contributed by atoms with E-state index in [0.717, 1.165) is 28.3 Å². The van der Waals surface area contributed by atoms with Gasteiger partial charge in [-0.1, -0.05) is 37.8 Å². The van der Waals surface area contributed by atoms with Crippen LogP contribution in [0, 0.1) is 12.8 Å². The standard InChI is InChI=1S/C24H23NO/c1-16-6-8-20-21-15-19(7-9-23(21)26-24(20)12-16)22-14-18(10-11-25-22)13-17-4-2-3-5-17/h6-12,14-15,17H,2-5,13H2,1H3. The molecule has 130 valence electrons. The molecule has 2 heteroatoms. The molecular weight excluding hydrogens is 318 g/mol. The molecule has 2 aromatic heterocycles. The molecule has 5 rings (SSSR count). The quantitative estimate of drug-likeness (QED) is 0.415. The minimum Gasteiger partial charge on any atom is -0.456 e. The first kappa shape index (κ1) is 15.6. The van der Waals surface area contributed by atoms with E-state index in [1.807, 2.05) is 6.20 Å². The zero-order valence-electron chi connectivity index (χ0n) is 15.2. The molecule has 1 fully saturated rings. The molecule has 1 aliphatic rings. The van der Waals surface area contributed by atoms with Crippen LogP contribution in [-0.2, 0) is 6.42 Å². The molecule has 1 aliphatic carbocycles. The van der Waals surface area contributed by atoms with Crippen LogP contribution in [0.25, 0.3) is 33.2 Å². The molecule has 0 saturated heterocycles. The van der Waals surface area contributed by atoms with Crippen LogP contribution in [0.3, 0.4) is 0 Å². The van der Waals surface area contributed by atoms with Crippen LogP contribution in [0.1, 0.15) is 36.8 Å². The van der Waals surface area contributed by atoms with Crippen molar-refractivity contribution in [3.8, 4) is 11.3 Å². The zero-order valence-corrected chi connectivity index (χ0v) is 15.2. The number of aryl methyl sites for hydroxylation is 1. The van der Waals surface area contributed by atoms with Crippen molar-refractivity contribution < 1.29 is 4.42 Å². The molecule has 1 saturated carbocycles. The van der Waals surface area contributed by atoms with Crippen LogP contribution in [0.4, 0.5) is 0 Å². The van der Waals surface area contributed by atoms with Gasteiger partial charge in [-0.05, 0) is 66.8 Å². The topological polar surface area (TPSA) is 26.0 Å². The van der Waals surface area contributed by atoms with Crippen LogP contribution in [0.5, 0.6) is 0 Å². The Morgan fingerprint density at radius 1 is 0.923 bits per heavy atom.